The lowest BCUT2D eigenvalue weighted by atomic mass is 10.2. The summed E-state index contributed by atoms with van der Waals surface area (Å²) in [5.41, 5.74) is 0.00268. The summed E-state index contributed by atoms with van der Waals surface area (Å²) < 4.78 is 30.7. The van der Waals surface area contributed by atoms with Crippen molar-refractivity contribution in [2.45, 2.75) is 38.2 Å². The van der Waals surface area contributed by atoms with E-state index in [9.17, 15) is 18.0 Å². The number of rotatable bonds is 6. The molecule has 0 heterocycles. The highest BCUT2D eigenvalue weighted by Crippen LogP contribution is 2.13. The zero-order chi connectivity index (χ0) is 20.7. The average Bonchev–Trinajstić information content (AvgIpc) is 2.49. The van der Waals surface area contributed by atoms with Gasteiger partial charge in [-0.1, -0.05) is 0 Å². The molecule has 0 aromatic heterocycles. The number of anilines is 1. The Morgan fingerprint density at radius 3 is 2.15 bits per heavy atom. The van der Waals surface area contributed by atoms with E-state index in [4.69, 9.17) is 17.0 Å². The van der Waals surface area contributed by atoms with Gasteiger partial charge in [-0.25, -0.2) is 17.9 Å². The van der Waals surface area contributed by atoms with Gasteiger partial charge in [-0.3, -0.25) is 4.79 Å². The van der Waals surface area contributed by atoms with Gasteiger partial charge in [0.05, 0.1) is 4.90 Å². The van der Waals surface area contributed by atoms with Crippen molar-refractivity contribution >= 4 is 45.0 Å². The highest BCUT2D eigenvalue weighted by Gasteiger charge is 2.16. The Balaban J connectivity index is 2.43. The predicted octanol–water partition coefficient (Wildman–Crippen LogP) is 1.32. The van der Waals surface area contributed by atoms with Crippen LogP contribution in [-0.4, -0.2) is 44.2 Å². The molecule has 27 heavy (non-hydrogen) atoms. The topological polar surface area (TPSA) is 126 Å². The van der Waals surface area contributed by atoms with Gasteiger partial charge in [-0.2, -0.15) is 0 Å². The first-order chi connectivity index (χ1) is 12.4. The largest absolute Gasteiger partial charge is 0.444 e. The number of amides is 2. The van der Waals surface area contributed by atoms with E-state index in [0.717, 1.165) is 6.92 Å². The van der Waals surface area contributed by atoms with Gasteiger partial charge in [-0.15, -0.1) is 0 Å². The number of hydrogen-bond donors (Lipinski definition) is 4. The Bertz CT molecular complexity index is 786. The number of sulfonamides is 1. The lowest BCUT2D eigenvalue weighted by Gasteiger charge is -2.19. The van der Waals surface area contributed by atoms with Crippen LogP contribution in [0.2, 0.25) is 0 Å². The van der Waals surface area contributed by atoms with Gasteiger partial charge in [0.25, 0.3) is 10.0 Å². The third-order valence-corrected chi connectivity index (χ3v) is 4.47. The monoisotopic (exact) mass is 416 g/mol. The van der Waals surface area contributed by atoms with Crippen LogP contribution in [0.3, 0.4) is 0 Å². The van der Waals surface area contributed by atoms with Crippen molar-refractivity contribution in [1.82, 2.24) is 15.4 Å². The number of hydrogen-bond acceptors (Lipinski definition) is 6. The standard InChI is InChI=1S/C16H24N4O5S2/c1-11(21)20-27(23,24)13-7-5-12(6-8-13)19-14(26)17-9-10-18-15(22)25-16(2,3)4/h5-8H,9-10H2,1-4H3,(H,18,22)(H,20,21)(H2,17,19,26). The molecule has 1 rings (SSSR count). The lowest BCUT2D eigenvalue weighted by molar-refractivity contribution is -0.117. The van der Waals surface area contributed by atoms with E-state index in [-0.39, 0.29) is 4.90 Å². The van der Waals surface area contributed by atoms with E-state index in [1.54, 1.807) is 20.8 Å². The van der Waals surface area contributed by atoms with Crippen LogP contribution in [0.15, 0.2) is 29.2 Å². The SMILES string of the molecule is CC(=O)NS(=O)(=O)c1ccc(NC(=S)NCCNC(=O)OC(C)(C)C)cc1. The van der Waals surface area contributed by atoms with Crippen LogP contribution >= 0.6 is 12.2 Å². The maximum Gasteiger partial charge on any atom is 0.407 e. The quantitative estimate of drug-likeness (QED) is 0.404. The first-order valence-corrected chi connectivity index (χ1v) is 9.93. The molecule has 0 fully saturated rings. The van der Waals surface area contributed by atoms with E-state index in [1.165, 1.54) is 24.3 Å². The predicted molar refractivity (Wildman–Crippen MR) is 106 cm³/mol. The van der Waals surface area contributed by atoms with Gasteiger partial charge in [-0.05, 0) is 57.3 Å². The second kappa shape index (κ2) is 9.51. The van der Waals surface area contributed by atoms with Crippen LogP contribution in [0.25, 0.3) is 0 Å². The fourth-order valence-electron chi connectivity index (χ4n) is 1.80. The van der Waals surface area contributed by atoms with Crippen LogP contribution in [0.4, 0.5) is 10.5 Å². The second-order valence-electron chi connectivity index (χ2n) is 6.50. The molecule has 0 bridgehead atoms. The number of nitrogens with one attached hydrogen (secondary N) is 4. The van der Waals surface area contributed by atoms with E-state index >= 15 is 0 Å². The summed E-state index contributed by atoms with van der Waals surface area (Å²) in [4.78, 5) is 22.4. The number of benzene rings is 1. The van der Waals surface area contributed by atoms with Gasteiger partial charge < -0.3 is 20.7 Å². The molecular weight excluding hydrogens is 392 g/mol. The van der Waals surface area contributed by atoms with E-state index < -0.39 is 27.6 Å². The first-order valence-electron chi connectivity index (χ1n) is 8.04. The molecule has 0 saturated carbocycles. The van der Waals surface area contributed by atoms with Gasteiger partial charge in [0, 0.05) is 25.7 Å². The van der Waals surface area contributed by atoms with Crippen molar-refractivity contribution in [3.63, 3.8) is 0 Å². The van der Waals surface area contributed by atoms with Gasteiger partial charge in [0.2, 0.25) is 5.91 Å². The number of ether oxygens (including phenoxy) is 1. The molecule has 9 nitrogen and oxygen atoms in total. The number of alkyl carbamates (subject to hydrolysis) is 1. The minimum absolute atomic E-state index is 0.0383. The third-order valence-electron chi connectivity index (χ3n) is 2.78. The molecular formula is C16H24N4O5S2. The van der Waals surface area contributed by atoms with E-state index in [2.05, 4.69) is 16.0 Å². The molecule has 0 aliphatic carbocycles. The Morgan fingerprint density at radius 1 is 1.07 bits per heavy atom. The highest BCUT2D eigenvalue weighted by atomic mass is 32.2. The second-order valence-corrected chi connectivity index (χ2v) is 8.59. The molecule has 4 N–H and O–H groups in total. The third kappa shape index (κ3) is 9.20. The summed E-state index contributed by atoms with van der Waals surface area (Å²) >= 11 is 5.12. The first kappa shape index (κ1) is 22.6. The van der Waals surface area contributed by atoms with Gasteiger partial charge in [0.1, 0.15) is 5.60 Å². The van der Waals surface area contributed by atoms with Crippen molar-refractivity contribution in [2.24, 2.45) is 0 Å². The number of carbonyl (C=O) groups is 2. The summed E-state index contributed by atoms with van der Waals surface area (Å²) in [5, 5.41) is 8.67. The zero-order valence-corrected chi connectivity index (χ0v) is 17.2. The summed E-state index contributed by atoms with van der Waals surface area (Å²) in [5.74, 6) is -0.664. The maximum absolute atomic E-state index is 11.9. The van der Waals surface area contributed by atoms with Gasteiger partial charge in [0.15, 0.2) is 5.11 Å². The Morgan fingerprint density at radius 2 is 1.63 bits per heavy atom. The summed E-state index contributed by atoms with van der Waals surface area (Å²) in [6, 6.07) is 5.73. The van der Waals surface area contributed by atoms with Crippen LogP contribution in [0.5, 0.6) is 0 Å². The Hall–Kier alpha value is -2.40. The Kier molecular flexibility index (Phi) is 7.98. The molecule has 0 aliphatic heterocycles. The minimum Gasteiger partial charge on any atom is -0.444 e. The molecule has 150 valence electrons. The fraction of sp³-hybridized carbons (Fsp3) is 0.438. The molecule has 0 radical (unpaired) electrons. The summed E-state index contributed by atoms with van der Waals surface area (Å²) in [6.45, 7) is 7.13. The Labute approximate surface area is 164 Å². The molecule has 0 unspecified atom stereocenters. The zero-order valence-electron chi connectivity index (χ0n) is 15.6. The molecule has 2 amide bonds. The van der Waals surface area contributed by atoms with Crippen LogP contribution in [0, 0.1) is 0 Å². The maximum atomic E-state index is 11.9. The molecule has 0 spiro atoms. The molecule has 1 aromatic carbocycles. The van der Waals surface area contributed by atoms with Crippen molar-refractivity contribution in [3.05, 3.63) is 24.3 Å². The van der Waals surface area contributed by atoms with Crippen molar-refractivity contribution in [2.75, 3.05) is 18.4 Å². The molecule has 0 aliphatic rings. The van der Waals surface area contributed by atoms with Gasteiger partial charge >= 0.3 is 6.09 Å². The van der Waals surface area contributed by atoms with Crippen LogP contribution < -0.4 is 20.7 Å². The average molecular weight is 417 g/mol. The molecule has 0 atom stereocenters. The van der Waals surface area contributed by atoms with Crippen molar-refractivity contribution in [1.29, 1.82) is 0 Å². The summed E-state index contributed by atoms with van der Waals surface area (Å²) in [7, 11) is -3.87. The fourth-order valence-corrected chi connectivity index (χ4v) is 3.01. The number of thiocarbonyl (C=S) groups is 1. The van der Waals surface area contributed by atoms with Crippen LogP contribution in [-0.2, 0) is 19.6 Å². The summed E-state index contributed by atoms with van der Waals surface area (Å²) in [6.07, 6.45) is -0.515. The van der Waals surface area contributed by atoms with Crippen molar-refractivity contribution in [3.8, 4) is 0 Å². The van der Waals surface area contributed by atoms with Crippen LogP contribution in [0.1, 0.15) is 27.7 Å². The van der Waals surface area contributed by atoms with E-state index in [0.29, 0.717) is 23.9 Å². The smallest absolute Gasteiger partial charge is 0.407 e. The van der Waals surface area contributed by atoms with Crippen molar-refractivity contribution < 1.29 is 22.7 Å². The molecule has 1 aromatic rings. The normalized spacial score (nSPS) is 11.3. The lowest BCUT2D eigenvalue weighted by Crippen LogP contribution is -2.39. The molecule has 0 saturated heterocycles. The minimum atomic E-state index is -3.87. The molecule has 11 heteroatoms. The van der Waals surface area contributed by atoms with E-state index in [1.807, 2.05) is 4.72 Å². The number of carbonyl (C=O) groups excluding carboxylic acids is 2. The highest BCUT2D eigenvalue weighted by molar-refractivity contribution is 7.90.